The summed E-state index contributed by atoms with van der Waals surface area (Å²) in [5.41, 5.74) is 1.12. The van der Waals surface area contributed by atoms with Gasteiger partial charge in [0.15, 0.2) is 17.5 Å². The third-order valence-electron chi connectivity index (χ3n) is 4.14. The Hall–Kier alpha value is -1.47. The van der Waals surface area contributed by atoms with Gasteiger partial charge in [0.25, 0.3) is 0 Å². The fourth-order valence-corrected chi connectivity index (χ4v) is 3.64. The van der Waals surface area contributed by atoms with E-state index in [1.165, 1.54) is 0 Å². The molecule has 7 heteroatoms. The molecule has 1 unspecified atom stereocenters. The van der Waals surface area contributed by atoms with Crippen molar-refractivity contribution in [3.63, 3.8) is 0 Å². The Morgan fingerprint density at radius 2 is 2.35 bits per heavy atom. The standard InChI is InChI=1S/C16H22BrN3O3/c1-18-16(20-4-3-11(8-20)9-21-2)19-7-12-5-13(17)15-14(6-12)22-10-23-15/h5-6,11H,3-4,7-10H2,1-2H3,(H,18,19). The zero-order valence-corrected chi connectivity index (χ0v) is 15.1. The van der Waals surface area contributed by atoms with Gasteiger partial charge in [0.2, 0.25) is 6.79 Å². The number of hydrogen-bond acceptors (Lipinski definition) is 4. The van der Waals surface area contributed by atoms with Crippen molar-refractivity contribution in [3.8, 4) is 11.5 Å². The Morgan fingerprint density at radius 3 is 3.13 bits per heavy atom. The van der Waals surface area contributed by atoms with Gasteiger partial charge >= 0.3 is 0 Å². The van der Waals surface area contributed by atoms with Crippen LogP contribution >= 0.6 is 15.9 Å². The van der Waals surface area contributed by atoms with Gasteiger partial charge in [-0.05, 0) is 40.0 Å². The molecule has 1 fully saturated rings. The zero-order chi connectivity index (χ0) is 16.2. The average molecular weight is 384 g/mol. The topological polar surface area (TPSA) is 55.3 Å². The molecule has 0 spiro atoms. The summed E-state index contributed by atoms with van der Waals surface area (Å²) in [6, 6.07) is 4.05. The number of likely N-dealkylation sites (tertiary alicyclic amines) is 1. The second kappa shape index (κ2) is 7.40. The van der Waals surface area contributed by atoms with Crippen molar-refractivity contribution < 1.29 is 14.2 Å². The number of hydrogen-bond donors (Lipinski definition) is 1. The number of aliphatic imine (C=N–C) groups is 1. The first-order valence-electron chi connectivity index (χ1n) is 7.73. The van der Waals surface area contributed by atoms with Gasteiger partial charge in [0, 0.05) is 39.7 Å². The maximum absolute atomic E-state index is 5.46. The van der Waals surface area contributed by atoms with Gasteiger partial charge < -0.3 is 24.4 Å². The van der Waals surface area contributed by atoms with E-state index in [9.17, 15) is 0 Å². The molecule has 0 radical (unpaired) electrons. The van der Waals surface area contributed by atoms with Gasteiger partial charge in [0.1, 0.15) is 0 Å². The van der Waals surface area contributed by atoms with Crippen LogP contribution in [0.15, 0.2) is 21.6 Å². The van der Waals surface area contributed by atoms with Gasteiger partial charge in [-0.2, -0.15) is 0 Å². The molecule has 0 saturated carbocycles. The van der Waals surface area contributed by atoms with E-state index in [0.717, 1.165) is 53.6 Å². The van der Waals surface area contributed by atoms with Gasteiger partial charge in [-0.25, -0.2) is 0 Å². The molecule has 0 aliphatic carbocycles. The van der Waals surface area contributed by atoms with E-state index in [4.69, 9.17) is 14.2 Å². The van der Waals surface area contributed by atoms with E-state index in [-0.39, 0.29) is 6.79 Å². The van der Waals surface area contributed by atoms with Crippen molar-refractivity contribution in [2.24, 2.45) is 10.9 Å². The number of fused-ring (bicyclic) bond motifs is 1. The molecule has 1 N–H and O–H groups in total. The average Bonchev–Trinajstić information content (AvgIpc) is 3.18. The summed E-state index contributed by atoms with van der Waals surface area (Å²) in [4.78, 5) is 6.68. The Bertz CT molecular complexity index is 594. The maximum atomic E-state index is 5.46. The highest BCUT2D eigenvalue weighted by Gasteiger charge is 2.25. The van der Waals surface area contributed by atoms with Gasteiger partial charge in [-0.3, -0.25) is 4.99 Å². The summed E-state index contributed by atoms with van der Waals surface area (Å²) >= 11 is 3.53. The molecule has 1 saturated heterocycles. The Morgan fingerprint density at radius 1 is 1.48 bits per heavy atom. The summed E-state index contributed by atoms with van der Waals surface area (Å²) < 4.78 is 17.0. The molecule has 0 amide bonds. The van der Waals surface area contributed by atoms with Crippen LogP contribution in [0.5, 0.6) is 11.5 Å². The highest BCUT2D eigenvalue weighted by atomic mass is 79.9. The van der Waals surface area contributed by atoms with Crippen molar-refractivity contribution in [1.82, 2.24) is 10.2 Å². The molecule has 3 rings (SSSR count). The van der Waals surface area contributed by atoms with Gasteiger partial charge in [0.05, 0.1) is 11.1 Å². The molecule has 23 heavy (non-hydrogen) atoms. The van der Waals surface area contributed by atoms with Crippen molar-refractivity contribution in [2.75, 3.05) is 40.6 Å². The Balaban J connectivity index is 1.60. The molecule has 1 aromatic carbocycles. The van der Waals surface area contributed by atoms with E-state index >= 15 is 0 Å². The molecule has 0 aromatic heterocycles. The van der Waals surface area contributed by atoms with Crippen LogP contribution in [0.25, 0.3) is 0 Å². The molecule has 2 aliphatic rings. The van der Waals surface area contributed by atoms with Gasteiger partial charge in [-0.15, -0.1) is 0 Å². The molecule has 126 valence electrons. The predicted octanol–water partition coefficient (Wildman–Crippen LogP) is 2.22. The van der Waals surface area contributed by atoms with Gasteiger partial charge in [-0.1, -0.05) is 0 Å². The summed E-state index contributed by atoms with van der Waals surface area (Å²) in [5.74, 6) is 3.07. The van der Waals surface area contributed by atoms with Crippen LogP contribution in [0.1, 0.15) is 12.0 Å². The number of rotatable bonds is 4. The largest absolute Gasteiger partial charge is 0.454 e. The number of methoxy groups -OCH3 is 1. The molecule has 1 atom stereocenters. The van der Waals surface area contributed by atoms with E-state index in [0.29, 0.717) is 12.5 Å². The molecule has 0 bridgehead atoms. The van der Waals surface area contributed by atoms with E-state index in [1.54, 1.807) is 7.11 Å². The minimum Gasteiger partial charge on any atom is -0.454 e. The van der Waals surface area contributed by atoms with Crippen molar-refractivity contribution in [1.29, 1.82) is 0 Å². The first kappa shape index (κ1) is 16.4. The van der Waals surface area contributed by atoms with Crippen molar-refractivity contribution in [2.45, 2.75) is 13.0 Å². The van der Waals surface area contributed by atoms with Crippen LogP contribution < -0.4 is 14.8 Å². The number of nitrogens with zero attached hydrogens (tertiary/aromatic N) is 2. The van der Waals surface area contributed by atoms with Crippen LogP contribution in [-0.4, -0.2) is 51.5 Å². The number of benzene rings is 1. The van der Waals surface area contributed by atoms with E-state index < -0.39 is 0 Å². The first-order chi connectivity index (χ1) is 11.2. The summed E-state index contributed by atoms with van der Waals surface area (Å²) in [7, 11) is 3.58. The van der Waals surface area contributed by atoms with Crippen LogP contribution in [0.2, 0.25) is 0 Å². The van der Waals surface area contributed by atoms with Crippen LogP contribution in [-0.2, 0) is 11.3 Å². The highest BCUT2D eigenvalue weighted by molar-refractivity contribution is 9.10. The first-order valence-corrected chi connectivity index (χ1v) is 8.53. The lowest BCUT2D eigenvalue weighted by atomic mass is 10.1. The van der Waals surface area contributed by atoms with Crippen LogP contribution in [0.3, 0.4) is 0 Å². The van der Waals surface area contributed by atoms with Crippen molar-refractivity contribution in [3.05, 3.63) is 22.2 Å². The molecular weight excluding hydrogens is 362 g/mol. The third kappa shape index (κ3) is 3.72. The summed E-state index contributed by atoms with van der Waals surface area (Å²) in [6.45, 7) is 3.77. The zero-order valence-electron chi connectivity index (χ0n) is 13.5. The Labute approximate surface area is 144 Å². The quantitative estimate of drug-likeness (QED) is 0.638. The molecule has 6 nitrogen and oxygen atoms in total. The minimum absolute atomic E-state index is 0.279. The molecule has 2 aliphatic heterocycles. The predicted molar refractivity (Wildman–Crippen MR) is 92.0 cm³/mol. The summed E-state index contributed by atoms with van der Waals surface area (Å²) in [5, 5.41) is 3.43. The highest BCUT2D eigenvalue weighted by Crippen LogP contribution is 2.39. The minimum atomic E-state index is 0.279. The van der Waals surface area contributed by atoms with E-state index in [2.05, 4.69) is 31.1 Å². The SMILES string of the molecule is CN=C(NCc1cc(Br)c2c(c1)OCO2)N1CCC(COC)C1. The van der Waals surface area contributed by atoms with Crippen LogP contribution in [0, 0.1) is 5.92 Å². The fourth-order valence-electron chi connectivity index (χ4n) is 3.03. The molecule has 2 heterocycles. The number of halogens is 1. The fraction of sp³-hybridized carbons (Fsp3) is 0.562. The lowest BCUT2D eigenvalue weighted by Crippen LogP contribution is -2.39. The van der Waals surface area contributed by atoms with Crippen molar-refractivity contribution >= 4 is 21.9 Å². The monoisotopic (exact) mass is 383 g/mol. The number of nitrogens with one attached hydrogen (secondary N) is 1. The van der Waals surface area contributed by atoms with Crippen LogP contribution in [0.4, 0.5) is 0 Å². The van der Waals surface area contributed by atoms with E-state index in [1.807, 2.05) is 19.2 Å². The normalized spacial score (nSPS) is 20.2. The summed E-state index contributed by atoms with van der Waals surface area (Å²) in [6.07, 6.45) is 1.14. The second-order valence-electron chi connectivity index (χ2n) is 5.77. The molecular formula is C16H22BrN3O3. The second-order valence-corrected chi connectivity index (χ2v) is 6.62. The Kier molecular flexibility index (Phi) is 5.27. The lowest BCUT2D eigenvalue weighted by molar-refractivity contribution is 0.157. The number of guanidine groups is 1. The smallest absolute Gasteiger partial charge is 0.231 e. The third-order valence-corrected chi connectivity index (χ3v) is 4.73. The maximum Gasteiger partial charge on any atom is 0.231 e. The lowest BCUT2D eigenvalue weighted by Gasteiger charge is -2.21. The number of ether oxygens (including phenoxy) is 3. The molecule has 1 aromatic rings.